The van der Waals surface area contributed by atoms with Crippen molar-refractivity contribution < 1.29 is 22.6 Å². The number of aromatic amines is 1. The Hall–Kier alpha value is -2.81. The van der Waals surface area contributed by atoms with Crippen LogP contribution in [0.15, 0.2) is 36.7 Å². The van der Waals surface area contributed by atoms with E-state index in [1.807, 2.05) is 24.3 Å². The highest BCUT2D eigenvalue weighted by Crippen LogP contribution is 2.37. The predicted molar refractivity (Wildman–Crippen MR) is 88.0 cm³/mol. The first-order chi connectivity index (χ1) is 12.5. The third-order valence-corrected chi connectivity index (χ3v) is 4.35. The van der Waals surface area contributed by atoms with Gasteiger partial charge in [-0.05, 0) is 12.1 Å². The molecular weight excluding hydrogens is 349 g/mol. The van der Waals surface area contributed by atoms with Crippen LogP contribution in [-0.2, 0) is 10.9 Å². The van der Waals surface area contributed by atoms with Crippen molar-refractivity contribution in [1.29, 1.82) is 0 Å². The summed E-state index contributed by atoms with van der Waals surface area (Å²) in [7, 11) is 1.56. The van der Waals surface area contributed by atoms with E-state index >= 15 is 0 Å². The lowest BCUT2D eigenvalue weighted by atomic mass is 9.98. The van der Waals surface area contributed by atoms with Gasteiger partial charge in [-0.25, -0.2) is 9.97 Å². The van der Waals surface area contributed by atoms with Gasteiger partial charge >= 0.3 is 6.18 Å². The van der Waals surface area contributed by atoms with Gasteiger partial charge in [0.15, 0.2) is 0 Å². The summed E-state index contributed by atoms with van der Waals surface area (Å²) in [4.78, 5) is 10.3. The van der Waals surface area contributed by atoms with Gasteiger partial charge in [-0.2, -0.15) is 13.2 Å². The van der Waals surface area contributed by atoms with Crippen molar-refractivity contribution in [2.45, 2.75) is 18.3 Å². The second-order valence-electron chi connectivity index (χ2n) is 5.91. The smallest absolute Gasteiger partial charge is 0.431 e. The van der Waals surface area contributed by atoms with Crippen molar-refractivity contribution in [1.82, 2.24) is 15.0 Å². The summed E-state index contributed by atoms with van der Waals surface area (Å²) in [6.45, 7) is 0.320. The van der Waals surface area contributed by atoms with Crippen LogP contribution in [0.25, 0.3) is 11.0 Å². The lowest BCUT2D eigenvalue weighted by Crippen LogP contribution is -2.36. The molecule has 2 atom stereocenters. The molecule has 0 aliphatic carbocycles. The Labute approximate surface area is 146 Å². The number of rotatable bonds is 3. The molecule has 0 radical (unpaired) electrons. The highest BCUT2D eigenvalue weighted by Gasteiger charge is 2.34. The van der Waals surface area contributed by atoms with E-state index in [0.717, 1.165) is 11.6 Å². The average molecular weight is 364 g/mol. The molecule has 3 aromatic rings. The van der Waals surface area contributed by atoms with Crippen LogP contribution < -0.4 is 10.1 Å². The molecule has 0 amide bonds. The Morgan fingerprint density at radius 2 is 2.08 bits per heavy atom. The third-order valence-electron chi connectivity index (χ3n) is 4.35. The van der Waals surface area contributed by atoms with Crippen molar-refractivity contribution in [2.75, 3.05) is 19.0 Å². The van der Waals surface area contributed by atoms with Gasteiger partial charge in [0, 0.05) is 12.7 Å². The van der Waals surface area contributed by atoms with E-state index in [4.69, 9.17) is 9.47 Å². The molecule has 136 valence electrons. The minimum absolute atomic E-state index is 0.115. The SMILES string of the molecule is CO[C@H]1COc2ccccc2[C@H]1Nc1ncnc2[nH]c(C(F)(F)F)cc12. The second-order valence-corrected chi connectivity index (χ2v) is 5.91. The largest absolute Gasteiger partial charge is 0.490 e. The van der Waals surface area contributed by atoms with Crippen LogP contribution in [0.5, 0.6) is 5.75 Å². The highest BCUT2D eigenvalue weighted by atomic mass is 19.4. The predicted octanol–water partition coefficient (Wildman–Crippen LogP) is 3.54. The van der Waals surface area contributed by atoms with Crippen LogP contribution in [-0.4, -0.2) is 34.8 Å². The van der Waals surface area contributed by atoms with Crippen molar-refractivity contribution in [2.24, 2.45) is 0 Å². The molecule has 3 heterocycles. The summed E-state index contributed by atoms with van der Waals surface area (Å²) in [6, 6.07) is 8.12. The first kappa shape index (κ1) is 16.6. The molecular formula is C17H15F3N4O2. The number of alkyl halides is 3. The molecule has 0 bridgehead atoms. The lowest BCUT2D eigenvalue weighted by Gasteiger charge is -2.33. The molecule has 1 aromatic carbocycles. The van der Waals surface area contributed by atoms with E-state index in [1.165, 1.54) is 6.33 Å². The highest BCUT2D eigenvalue weighted by molar-refractivity contribution is 5.88. The summed E-state index contributed by atoms with van der Waals surface area (Å²) < 4.78 is 50.1. The summed E-state index contributed by atoms with van der Waals surface area (Å²) in [5.41, 5.74) is 0.0970. The van der Waals surface area contributed by atoms with Crippen molar-refractivity contribution in [3.05, 3.63) is 47.9 Å². The Balaban J connectivity index is 1.76. The van der Waals surface area contributed by atoms with E-state index in [0.29, 0.717) is 18.2 Å². The normalized spacial score (nSPS) is 19.8. The fourth-order valence-electron chi connectivity index (χ4n) is 3.07. The van der Waals surface area contributed by atoms with Crippen molar-refractivity contribution >= 4 is 16.9 Å². The molecule has 6 nitrogen and oxygen atoms in total. The van der Waals surface area contributed by atoms with Crippen LogP contribution in [0.3, 0.4) is 0 Å². The van der Waals surface area contributed by atoms with E-state index < -0.39 is 11.9 Å². The average Bonchev–Trinajstić information content (AvgIpc) is 3.08. The van der Waals surface area contributed by atoms with E-state index in [2.05, 4.69) is 20.3 Å². The summed E-state index contributed by atoms with van der Waals surface area (Å²) in [6.07, 6.45) is -3.59. The number of halogens is 3. The maximum absolute atomic E-state index is 13.0. The van der Waals surface area contributed by atoms with E-state index in [1.54, 1.807) is 7.11 Å². The summed E-state index contributed by atoms with van der Waals surface area (Å²) in [5, 5.41) is 3.47. The van der Waals surface area contributed by atoms with Gasteiger partial charge in [-0.1, -0.05) is 18.2 Å². The number of H-pyrrole nitrogens is 1. The minimum atomic E-state index is -4.49. The topological polar surface area (TPSA) is 72.1 Å². The Morgan fingerprint density at radius 1 is 1.27 bits per heavy atom. The third kappa shape index (κ3) is 2.84. The lowest BCUT2D eigenvalue weighted by molar-refractivity contribution is -0.140. The van der Waals surface area contributed by atoms with E-state index in [-0.39, 0.29) is 23.2 Å². The number of hydrogen-bond acceptors (Lipinski definition) is 5. The summed E-state index contributed by atoms with van der Waals surface area (Å²) >= 11 is 0. The minimum Gasteiger partial charge on any atom is -0.490 e. The van der Waals surface area contributed by atoms with Gasteiger partial charge in [0.25, 0.3) is 0 Å². The molecule has 1 aliphatic rings. The van der Waals surface area contributed by atoms with Gasteiger partial charge in [0.1, 0.15) is 41.9 Å². The molecule has 4 rings (SSSR count). The zero-order valence-corrected chi connectivity index (χ0v) is 13.7. The van der Waals surface area contributed by atoms with Crippen LogP contribution in [0.4, 0.5) is 19.0 Å². The number of ether oxygens (including phenoxy) is 2. The molecule has 26 heavy (non-hydrogen) atoms. The van der Waals surface area contributed by atoms with Crippen LogP contribution >= 0.6 is 0 Å². The Bertz CT molecular complexity index is 941. The van der Waals surface area contributed by atoms with Crippen LogP contribution in [0.1, 0.15) is 17.3 Å². The van der Waals surface area contributed by atoms with Gasteiger partial charge in [0.2, 0.25) is 0 Å². The van der Waals surface area contributed by atoms with Crippen LogP contribution in [0, 0.1) is 0 Å². The number of anilines is 1. The van der Waals surface area contributed by atoms with Gasteiger partial charge < -0.3 is 19.8 Å². The molecule has 1 aliphatic heterocycles. The number of fused-ring (bicyclic) bond motifs is 2. The monoisotopic (exact) mass is 364 g/mol. The molecule has 0 spiro atoms. The van der Waals surface area contributed by atoms with E-state index in [9.17, 15) is 13.2 Å². The molecule has 0 saturated carbocycles. The molecule has 2 N–H and O–H groups in total. The number of para-hydroxylation sites is 1. The van der Waals surface area contributed by atoms with Gasteiger partial charge in [-0.3, -0.25) is 0 Å². The Kier molecular flexibility index (Phi) is 3.95. The van der Waals surface area contributed by atoms with Gasteiger partial charge in [-0.15, -0.1) is 0 Å². The number of benzene rings is 1. The first-order valence-corrected chi connectivity index (χ1v) is 7.89. The second kappa shape index (κ2) is 6.17. The summed E-state index contributed by atoms with van der Waals surface area (Å²) in [5.74, 6) is 0.999. The number of methoxy groups -OCH3 is 1. The zero-order chi connectivity index (χ0) is 18.3. The number of nitrogens with one attached hydrogen (secondary N) is 2. The molecule has 0 fully saturated rings. The fraction of sp³-hybridized carbons (Fsp3) is 0.294. The zero-order valence-electron chi connectivity index (χ0n) is 13.7. The molecule has 0 saturated heterocycles. The number of aromatic nitrogens is 3. The number of nitrogens with zero attached hydrogens (tertiary/aromatic N) is 2. The van der Waals surface area contributed by atoms with Crippen molar-refractivity contribution in [3.63, 3.8) is 0 Å². The quantitative estimate of drug-likeness (QED) is 0.744. The maximum atomic E-state index is 13.0. The molecule has 9 heteroatoms. The fourth-order valence-corrected chi connectivity index (χ4v) is 3.07. The first-order valence-electron chi connectivity index (χ1n) is 7.89. The van der Waals surface area contributed by atoms with Crippen molar-refractivity contribution in [3.8, 4) is 5.75 Å². The maximum Gasteiger partial charge on any atom is 0.431 e. The van der Waals surface area contributed by atoms with Crippen LogP contribution in [0.2, 0.25) is 0 Å². The molecule has 0 unspecified atom stereocenters. The Morgan fingerprint density at radius 3 is 2.85 bits per heavy atom. The molecule has 2 aromatic heterocycles. The standard InChI is InChI=1S/C17H15F3N4O2/c1-25-12-7-26-11-5-3-2-4-9(11)14(12)24-16-10-6-13(17(18,19)20)23-15(10)21-8-22-16/h2-6,8,12,14H,7H2,1H3,(H2,21,22,23,24)/t12-,14+/m0/s1. The number of hydrogen-bond donors (Lipinski definition) is 2. The van der Waals surface area contributed by atoms with Gasteiger partial charge in [0.05, 0.1) is 11.4 Å².